The molecule has 1 rings (SSSR count). The fraction of sp³-hybridized carbons (Fsp3) is 0.500. The van der Waals surface area contributed by atoms with Gasteiger partial charge in [0.05, 0.1) is 6.61 Å². The van der Waals surface area contributed by atoms with Crippen LogP contribution in [0.4, 0.5) is 5.69 Å². The van der Waals surface area contributed by atoms with Crippen molar-refractivity contribution in [2.45, 2.75) is 36.5 Å². The van der Waals surface area contributed by atoms with E-state index in [4.69, 9.17) is 10.5 Å². The summed E-state index contributed by atoms with van der Waals surface area (Å²) in [6.07, 6.45) is 0. The van der Waals surface area contributed by atoms with Gasteiger partial charge in [0.2, 0.25) is 5.91 Å². The molecule has 0 aliphatic carbocycles. The second-order valence-corrected chi connectivity index (χ2v) is 7.19. The van der Waals surface area contributed by atoms with Gasteiger partial charge in [0, 0.05) is 22.4 Å². The van der Waals surface area contributed by atoms with E-state index in [1.54, 1.807) is 11.8 Å². The number of amides is 1. The summed E-state index contributed by atoms with van der Waals surface area (Å²) in [5.74, 6) is -0.238. The summed E-state index contributed by atoms with van der Waals surface area (Å²) in [5.41, 5.74) is 6.39. The first-order valence-electron chi connectivity index (χ1n) is 6.16. The first-order valence-corrected chi connectivity index (χ1v) is 6.98. The molecule has 0 aliphatic rings. The van der Waals surface area contributed by atoms with Crippen molar-refractivity contribution in [3.8, 4) is 0 Å². The third kappa shape index (κ3) is 6.09. The molecular weight excluding hydrogens is 260 g/mol. The molecule has 1 atom stereocenters. The number of nitrogens with two attached hydrogens (primary N) is 1. The van der Waals surface area contributed by atoms with Crippen LogP contribution in [0.3, 0.4) is 0 Å². The van der Waals surface area contributed by atoms with Crippen molar-refractivity contribution in [2.24, 2.45) is 5.73 Å². The minimum Gasteiger partial charge on any atom is -0.383 e. The van der Waals surface area contributed by atoms with Crippen molar-refractivity contribution in [2.75, 3.05) is 19.0 Å². The number of thioether (sulfide) groups is 1. The lowest BCUT2D eigenvalue weighted by atomic mass is 10.2. The minimum atomic E-state index is -0.645. The highest BCUT2D eigenvalue weighted by Gasteiger charge is 2.14. The van der Waals surface area contributed by atoms with E-state index in [1.807, 2.05) is 24.3 Å². The lowest BCUT2D eigenvalue weighted by Gasteiger charge is -2.17. The van der Waals surface area contributed by atoms with Crippen LogP contribution in [0.1, 0.15) is 20.8 Å². The molecule has 1 aromatic rings. The van der Waals surface area contributed by atoms with Crippen molar-refractivity contribution < 1.29 is 9.53 Å². The zero-order chi connectivity index (χ0) is 14.5. The van der Waals surface area contributed by atoms with Gasteiger partial charge < -0.3 is 15.8 Å². The molecule has 4 nitrogen and oxygen atoms in total. The minimum absolute atomic E-state index is 0.172. The van der Waals surface area contributed by atoms with Crippen molar-refractivity contribution in [1.82, 2.24) is 0 Å². The Morgan fingerprint density at radius 1 is 1.37 bits per heavy atom. The summed E-state index contributed by atoms with van der Waals surface area (Å²) in [5, 5.41) is 2.76. The number of carbonyl (C=O) groups excluding carboxylic acids is 1. The molecule has 0 aromatic heterocycles. The molecule has 0 saturated carbocycles. The number of carbonyl (C=O) groups is 1. The van der Waals surface area contributed by atoms with Gasteiger partial charge in [0.1, 0.15) is 6.04 Å². The summed E-state index contributed by atoms with van der Waals surface area (Å²) in [6.45, 7) is 6.70. The van der Waals surface area contributed by atoms with Gasteiger partial charge in [0.25, 0.3) is 0 Å². The van der Waals surface area contributed by atoms with Crippen LogP contribution in [0.25, 0.3) is 0 Å². The summed E-state index contributed by atoms with van der Waals surface area (Å²) in [6, 6.07) is 7.10. The maximum atomic E-state index is 11.7. The molecule has 0 aliphatic heterocycles. The Morgan fingerprint density at radius 2 is 1.95 bits per heavy atom. The molecule has 0 fully saturated rings. The molecule has 5 heteroatoms. The van der Waals surface area contributed by atoms with Crippen molar-refractivity contribution >= 4 is 23.4 Å². The molecular formula is C14H22N2O2S. The number of hydrogen-bond donors (Lipinski definition) is 2. The highest BCUT2D eigenvalue weighted by atomic mass is 32.2. The van der Waals surface area contributed by atoms with E-state index < -0.39 is 6.04 Å². The highest BCUT2D eigenvalue weighted by Crippen LogP contribution is 2.32. The molecule has 0 heterocycles. The number of nitrogens with one attached hydrogen (secondary N) is 1. The third-order valence-corrected chi connectivity index (χ3v) is 3.35. The Kier molecular flexibility index (Phi) is 5.85. The average molecular weight is 282 g/mol. The molecule has 106 valence electrons. The number of methoxy groups -OCH3 is 1. The largest absolute Gasteiger partial charge is 0.383 e. The molecule has 0 spiro atoms. The first kappa shape index (κ1) is 16.0. The van der Waals surface area contributed by atoms with Crippen LogP contribution in [-0.4, -0.2) is 30.4 Å². The predicted octanol–water partition coefficient (Wildman–Crippen LogP) is 2.49. The van der Waals surface area contributed by atoms with Crippen molar-refractivity contribution in [3.63, 3.8) is 0 Å². The van der Waals surface area contributed by atoms with Crippen molar-refractivity contribution in [1.29, 1.82) is 0 Å². The van der Waals surface area contributed by atoms with Crippen LogP contribution in [-0.2, 0) is 9.53 Å². The first-order chi connectivity index (χ1) is 8.81. The maximum absolute atomic E-state index is 11.7. The van der Waals surface area contributed by atoms with Crippen molar-refractivity contribution in [3.05, 3.63) is 24.3 Å². The second-order valence-electron chi connectivity index (χ2n) is 5.29. The molecule has 3 N–H and O–H groups in total. The molecule has 0 radical (unpaired) electrons. The van der Waals surface area contributed by atoms with Crippen LogP contribution >= 0.6 is 11.8 Å². The summed E-state index contributed by atoms with van der Waals surface area (Å²) >= 11 is 1.79. The Labute approximate surface area is 119 Å². The predicted molar refractivity (Wildman–Crippen MR) is 80.5 cm³/mol. The van der Waals surface area contributed by atoms with E-state index in [9.17, 15) is 4.79 Å². The van der Waals surface area contributed by atoms with Gasteiger partial charge in [-0.1, -0.05) is 20.8 Å². The standard InChI is InChI=1S/C14H22N2O2S/c1-14(2,3)19-11-7-5-10(6-8-11)16-13(17)12(15)9-18-4/h5-8,12H,9,15H2,1-4H3,(H,16,17). The molecule has 1 unspecified atom stereocenters. The number of anilines is 1. The van der Waals surface area contributed by atoms with E-state index in [-0.39, 0.29) is 17.3 Å². The van der Waals surface area contributed by atoms with Gasteiger partial charge in [-0.2, -0.15) is 0 Å². The van der Waals surface area contributed by atoms with E-state index in [2.05, 4.69) is 26.1 Å². The zero-order valence-corrected chi connectivity index (χ0v) is 12.7. The molecule has 19 heavy (non-hydrogen) atoms. The SMILES string of the molecule is COCC(N)C(=O)Nc1ccc(SC(C)(C)C)cc1. The lowest BCUT2D eigenvalue weighted by Crippen LogP contribution is -2.39. The summed E-state index contributed by atoms with van der Waals surface area (Å²) < 4.78 is 5.02. The van der Waals surface area contributed by atoms with E-state index >= 15 is 0 Å². The normalized spacial score (nSPS) is 13.1. The fourth-order valence-corrected chi connectivity index (χ4v) is 2.43. The Hall–Kier alpha value is -1.04. The van der Waals surface area contributed by atoms with E-state index in [1.165, 1.54) is 12.0 Å². The third-order valence-electron chi connectivity index (χ3n) is 2.23. The zero-order valence-electron chi connectivity index (χ0n) is 11.9. The Balaban J connectivity index is 2.59. The number of hydrogen-bond acceptors (Lipinski definition) is 4. The summed E-state index contributed by atoms with van der Waals surface area (Å²) in [4.78, 5) is 12.9. The van der Waals surface area contributed by atoms with Gasteiger partial charge in [-0.25, -0.2) is 0 Å². The lowest BCUT2D eigenvalue weighted by molar-refractivity contribution is -0.118. The van der Waals surface area contributed by atoms with Gasteiger partial charge in [-0.05, 0) is 24.3 Å². The maximum Gasteiger partial charge on any atom is 0.243 e. The van der Waals surface area contributed by atoms with Crippen LogP contribution in [0.15, 0.2) is 29.2 Å². The van der Waals surface area contributed by atoms with Crippen LogP contribution in [0, 0.1) is 0 Å². The topological polar surface area (TPSA) is 64.3 Å². The fourth-order valence-electron chi connectivity index (χ4n) is 1.45. The second kappa shape index (κ2) is 6.93. The highest BCUT2D eigenvalue weighted by molar-refractivity contribution is 8.00. The van der Waals surface area contributed by atoms with Gasteiger partial charge >= 0.3 is 0 Å². The molecule has 1 aromatic carbocycles. The number of ether oxygens (including phenoxy) is 1. The molecule has 1 amide bonds. The Bertz CT molecular complexity index is 412. The number of benzene rings is 1. The van der Waals surface area contributed by atoms with Crippen LogP contribution in [0.5, 0.6) is 0 Å². The van der Waals surface area contributed by atoms with Gasteiger partial charge in [-0.3, -0.25) is 4.79 Å². The van der Waals surface area contributed by atoms with Crippen LogP contribution < -0.4 is 11.1 Å². The molecule has 0 saturated heterocycles. The quantitative estimate of drug-likeness (QED) is 0.814. The van der Waals surface area contributed by atoms with E-state index in [0.29, 0.717) is 0 Å². The summed E-state index contributed by atoms with van der Waals surface area (Å²) in [7, 11) is 1.52. The van der Waals surface area contributed by atoms with Crippen LogP contribution in [0.2, 0.25) is 0 Å². The van der Waals surface area contributed by atoms with Gasteiger partial charge in [0.15, 0.2) is 0 Å². The monoisotopic (exact) mass is 282 g/mol. The Morgan fingerprint density at radius 3 is 2.42 bits per heavy atom. The molecule has 0 bridgehead atoms. The van der Waals surface area contributed by atoms with Gasteiger partial charge in [-0.15, -0.1) is 11.8 Å². The average Bonchev–Trinajstić information content (AvgIpc) is 2.30. The number of rotatable bonds is 5. The van der Waals surface area contributed by atoms with E-state index in [0.717, 1.165) is 5.69 Å². The smallest absolute Gasteiger partial charge is 0.243 e.